The fourth-order valence-electron chi connectivity index (χ4n) is 4.68. The van der Waals surface area contributed by atoms with Gasteiger partial charge in [-0.3, -0.25) is 4.90 Å². The maximum Gasteiger partial charge on any atom is 0.414 e. The second kappa shape index (κ2) is 12.0. The summed E-state index contributed by atoms with van der Waals surface area (Å²) in [6, 6.07) is 16.8. The summed E-state index contributed by atoms with van der Waals surface area (Å²) < 4.78 is 7.25. The minimum atomic E-state index is -1.82. The van der Waals surface area contributed by atoms with Crippen molar-refractivity contribution in [2.45, 2.75) is 37.8 Å². The first kappa shape index (κ1) is 26.9. The van der Waals surface area contributed by atoms with Gasteiger partial charge in [0.15, 0.2) is 0 Å². The Hall–Kier alpha value is -3.11. The van der Waals surface area contributed by atoms with E-state index in [1.807, 2.05) is 47.9 Å². The monoisotopic (exact) mass is 544 g/mol. The van der Waals surface area contributed by atoms with Crippen molar-refractivity contribution in [1.82, 2.24) is 9.88 Å². The highest BCUT2D eigenvalue weighted by Gasteiger charge is 2.28. The van der Waals surface area contributed by atoms with Gasteiger partial charge in [0.05, 0.1) is 0 Å². The van der Waals surface area contributed by atoms with Crippen LogP contribution in [0.1, 0.15) is 30.6 Å². The molecule has 0 spiro atoms. The number of aromatic amines is 1. The third-order valence-electron chi connectivity index (χ3n) is 6.53. The largest absolute Gasteiger partial charge is 0.490 e. The number of halogens is 1. The number of ether oxygens (including phenoxy) is 1. The van der Waals surface area contributed by atoms with Crippen molar-refractivity contribution >= 4 is 55.9 Å². The van der Waals surface area contributed by atoms with Crippen LogP contribution in [0.4, 0.5) is 0 Å². The molecule has 2 aromatic heterocycles. The highest BCUT2D eigenvalue weighted by atomic mass is 35.5. The van der Waals surface area contributed by atoms with Crippen LogP contribution >= 0.6 is 22.9 Å². The molecule has 4 N–H and O–H groups in total. The molecule has 4 aromatic rings. The molecular formula is C27H29ClN2O6S. The molecule has 3 heterocycles. The molecule has 1 aliphatic heterocycles. The van der Waals surface area contributed by atoms with Gasteiger partial charge in [-0.15, -0.1) is 11.3 Å². The van der Waals surface area contributed by atoms with Gasteiger partial charge in [-0.05, 0) is 80.1 Å². The van der Waals surface area contributed by atoms with Gasteiger partial charge in [0, 0.05) is 44.3 Å². The molecule has 0 bridgehead atoms. The zero-order valence-electron chi connectivity index (χ0n) is 20.3. The average Bonchev–Trinajstić information content (AvgIpc) is 3.51. The van der Waals surface area contributed by atoms with Crippen LogP contribution in [0, 0.1) is 0 Å². The number of carboxylic acids is 2. The predicted octanol–water partition coefficient (Wildman–Crippen LogP) is 5.20. The van der Waals surface area contributed by atoms with Crippen molar-refractivity contribution in [2.24, 2.45) is 0 Å². The van der Waals surface area contributed by atoms with Crippen LogP contribution in [0.2, 0.25) is 5.02 Å². The van der Waals surface area contributed by atoms with Gasteiger partial charge in [-0.2, -0.15) is 0 Å². The lowest BCUT2D eigenvalue weighted by molar-refractivity contribution is -0.159. The Kier molecular flexibility index (Phi) is 8.71. The SMILES string of the molecule is C[C@@H]1C[C@H](c2cc3cc(Cl)ccc3s2)CCN1C[C@H](O)COc1cccc2[nH]ccc12.O=C(O)C(=O)O. The van der Waals surface area contributed by atoms with Gasteiger partial charge in [0.1, 0.15) is 18.5 Å². The van der Waals surface area contributed by atoms with Crippen molar-refractivity contribution in [3.63, 3.8) is 0 Å². The molecule has 196 valence electrons. The summed E-state index contributed by atoms with van der Waals surface area (Å²) in [6.07, 6.45) is 3.61. The Morgan fingerprint density at radius 1 is 1.19 bits per heavy atom. The molecule has 5 rings (SSSR count). The first-order chi connectivity index (χ1) is 17.7. The van der Waals surface area contributed by atoms with Crippen LogP contribution < -0.4 is 4.74 Å². The molecule has 0 aliphatic carbocycles. The van der Waals surface area contributed by atoms with E-state index < -0.39 is 18.0 Å². The van der Waals surface area contributed by atoms with Gasteiger partial charge >= 0.3 is 11.9 Å². The molecule has 0 amide bonds. The van der Waals surface area contributed by atoms with Crippen LogP contribution in [-0.2, 0) is 9.59 Å². The fourth-order valence-corrected chi connectivity index (χ4v) is 6.05. The standard InChI is InChI=1S/C25H27ClN2O2S.C2H2O4/c1-16-11-17(25-13-18-12-19(26)5-6-24(18)31-25)8-10-28(16)14-20(29)15-30-23-4-2-3-22-21(23)7-9-27-22;3-1(4)2(5)6/h2-7,9,12-13,16-17,20,27,29H,8,10-11,14-15H2,1H3;(H,3,4)(H,5,6)/t16-,17-,20+;/m1./s1. The van der Waals surface area contributed by atoms with E-state index in [0.717, 1.165) is 41.1 Å². The molecule has 0 saturated carbocycles. The quantitative estimate of drug-likeness (QED) is 0.246. The summed E-state index contributed by atoms with van der Waals surface area (Å²) in [4.78, 5) is 25.2. The number of benzene rings is 2. The van der Waals surface area contributed by atoms with Gasteiger partial charge in [-0.1, -0.05) is 17.7 Å². The number of hydrogen-bond donors (Lipinski definition) is 4. The van der Waals surface area contributed by atoms with Crippen LogP contribution in [0.25, 0.3) is 21.0 Å². The van der Waals surface area contributed by atoms with Crippen LogP contribution in [0.5, 0.6) is 5.75 Å². The van der Waals surface area contributed by atoms with Gasteiger partial charge in [0.25, 0.3) is 0 Å². The van der Waals surface area contributed by atoms with E-state index in [1.54, 1.807) is 0 Å². The maximum atomic E-state index is 10.6. The summed E-state index contributed by atoms with van der Waals surface area (Å²) in [5, 5.41) is 28.5. The number of nitrogens with one attached hydrogen (secondary N) is 1. The third-order valence-corrected chi connectivity index (χ3v) is 8.04. The lowest BCUT2D eigenvalue weighted by Gasteiger charge is -2.38. The van der Waals surface area contributed by atoms with Crippen LogP contribution in [0.15, 0.2) is 54.7 Å². The Labute approximate surface area is 223 Å². The zero-order chi connectivity index (χ0) is 26.5. The van der Waals surface area contributed by atoms with Gasteiger partial charge < -0.3 is 25.0 Å². The number of fused-ring (bicyclic) bond motifs is 2. The number of carboxylic acid groups (broad SMARTS) is 2. The normalized spacial score (nSPS) is 18.8. The summed E-state index contributed by atoms with van der Waals surface area (Å²) >= 11 is 8.04. The molecule has 1 saturated heterocycles. The molecule has 2 aromatic carbocycles. The van der Waals surface area contributed by atoms with Crippen molar-refractivity contribution < 1.29 is 29.6 Å². The van der Waals surface area contributed by atoms with Crippen molar-refractivity contribution in [1.29, 1.82) is 0 Å². The number of β-amino-alcohol motifs (C(OH)–C–C–N with tert-alkyl or cyclic N) is 1. The minimum absolute atomic E-state index is 0.300. The topological polar surface area (TPSA) is 123 Å². The highest BCUT2D eigenvalue weighted by molar-refractivity contribution is 7.19. The van der Waals surface area contributed by atoms with E-state index >= 15 is 0 Å². The van der Waals surface area contributed by atoms with Crippen LogP contribution in [-0.4, -0.2) is 69.0 Å². The Morgan fingerprint density at radius 3 is 2.70 bits per heavy atom. The van der Waals surface area contributed by atoms with Crippen molar-refractivity contribution in [3.05, 3.63) is 64.6 Å². The number of nitrogens with zero attached hydrogens (tertiary/aromatic N) is 1. The number of aromatic nitrogens is 1. The van der Waals surface area contributed by atoms with Gasteiger partial charge in [-0.25, -0.2) is 9.59 Å². The molecule has 10 heteroatoms. The van der Waals surface area contributed by atoms with E-state index in [9.17, 15) is 5.11 Å². The molecule has 0 radical (unpaired) electrons. The molecule has 8 nitrogen and oxygen atoms in total. The van der Waals surface area contributed by atoms with Gasteiger partial charge in [0.2, 0.25) is 0 Å². The number of rotatable bonds is 6. The molecular weight excluding hydrogens is 516 g/mol. The van der Waals surface area contributed by atoms with E-state index in [4.69, 9.17) is 36.1 Å². The van der Waals surface area contributed by atoms with Crippen molar-refractivity contribution in [2.75, 3.05) is 19.7 Å². The second-order valence-corrected chi connectivity index (χ2v) is 10.7. The number of piperidine rings is 1. The summed E-state index contributed by atoms with van der Waals surface area (Å²) in [7, 11) is 0. The predicted molar refractivity (Wildman–Crippen MR) is 145 cm³/mol. The number of aliphatic carboxylic acids is 2. The number of aliphatic hydroxyl groups excluding tert-OH is 1. The van der Waals surface area contributed by atoms with Crippen molar-refractivity contribution in [3.8, 4) is 5.75 Å². The number of hydrogen-bond acceptors (Lipinski definition) is 6. The first-order valence-corrected chi connectivity index (χ1v) is 13.2. The maximum absolute atomic E-state index is 10.6. The number of thiophene rings is 1. The lowest BCUT2D eigenvalue weighted by Crippen LogP contribution is -2.45. The third kappa shape index (κ3) is 6.81. The number of aliphatic hydroxyl groups is 1. The Bertz CT molecular complexity index is 1370. The highest BCUT2D eigenvalue weighted by Crippen LogP contribution is 2.39. The number of carbonyl (C=O) groups is 2. The Morgan fingerprint density at radius 2 is 1.97 bits per heavy atom. The average molecular weight is 545 g/mol. The van der Waals surface area contributed by atoms with E-state index in [1.165, 1.54) is 15.0 Å². The molecule has 3 atom stereocenters. The number of H-pyrrole nitrogens is 1. The molecule has 37 heavy (non-hydrogen) atoms. The molecule has 0 unspecified atom stereocenters. The number of likely N-dealkylation sites (tertiary alicyclic amines) is 1. The van der Waals surface area contributed by atoms with E-state index in [2.05, 4.69) is 35.0 Å². The van der Waals surface area contributed by atoms with E-state index in [-0.39, 0.29) is 0 Å². The Balaban J connectivity index is 0.000000480. The lowest BCUT2D eigenvalue weighted by atomic mass is 9.90. The summed E-state index contributed by atoms with van der Waals surface area (Å²) in [5.41, 5.74) is 1.05. The second-order valence-electron chi connectivity index (χ2n) is 9.17. The summed E-state index contributed by atoms with van der Waals surface area (Å²) in [5.74, 6) is -2.26. The van der Waals surface area contributed by atoms with E-state index in [0.29, 0.717) is 25.1 Å². The van der Waals surface area contributed by atoms with Crippen LogP contribution in [0.3, 0.4) is 0 Å². The fraction of sp³-hybridized carbons (Fsp3) is 0.333. The summed E-state index contributed by atoms with van der Waals surface area (Å²) in [6.45, 7) is 4.20. The minimum Gasteiger partial charge on any atom is -0.490 e. The molecule has 1 fully saturated rings. The first-order valence-electron chi connectivity index (χ1n) is 12.0. The smallest absolute Gasteiger partial charge is 0.414 e. The zero-order valence-corrected chi connectivity index (χ0v) is 21.8. The molecule has 1 aliphatic rings.